The van der Waals surface area contributed by atoms with E-state index in [1.165, 1.54) is 0 Å². The van der Waals surface area contributed by atoms with Crippen molar-refractivity contribution in [2.75, 3.05) is 19.7 Å². The maximum absolute atomic E-state index is 12.1. The first-order valence-corrected chi connectivity index (χ1v) is 7.31. The Morgan fingerprint density at radius 3 is 2.89 bits per heavy atom. The third-order valence-corrected chi connectivity index (χ3v) is 4.88. The van der Waals surface area contributed by atoms with Gasteiger partial charge in [0.1, 0.15) is 0 Å². The molecule has 0 aromatic rings. The van der Waals surface area contributed by atoms with Crippen LogP contribution in [0.4, 0.5) is 0 Å². The van der Waals surface area contributed by atoms with E-state index < -0.39 is 0 Å². The number of hydrogen-bond donors (Lipinski definition) is 1. The number of nitrogens with zero attached hydrogens (tertiary/aromatic N) is 1. The molecule has 1 aliphatic carbocycles. The van der Waals surface area contributed by atoms with Crippen LogP contribution in [0.25, 0.3) is 0 Å². The quantitative estimate of drug-likeness (QED) is 0.821. The number of hydrogen-bond acceptors (Lipinski definition) is 3. The summed E-state index contributed by atoms with van der Waals surface area (Å²) < 4.78 is 5.55. The first-order valence-electron chi connectivity index (χ1n) is 7.31. The number of fused-ring (bicyclic) bond motifs is 1. The minimum atomic E-state index is -0.175. The van der Waals surface area contributed by atoms with Gasteiger partial charge in [-0.25, -0.2) is 0 Å². The second-order valence-electron chi connectivity index (χ2n) is 6.04. The lowest BCUT2D eigenvalue weighted by Crippen LogP contribution is -2.31. The maximum atomic E-state index is 12.1. The fourth-order valence-corrected chi connectivity index (χ4v) is 3.75. The monoisotopic (exact) mass is 253 g/mol. The predicted octanol–water partition coefficient (Wildman–Crippen LogP) is 1.17. The third-order valence-electron chi connectivity index (χ3n) is 4.88. The minimum absolute atomic E-state index is 0.175. The van der Waals surface area contributed by atoms with E-state index in [0.29, 0.717) is 24.4 Å². The van der Waals surface area contributed by atoms with E-state index in [1.54, 1.807) is 0 Å². The van der Waals surface area contributed by atoms with E-state index >= 15 is 0 Å². The molecule has 18 heavy (non-hydrogen) atoms. The molecule has 0 aromatic heterocycles. The molecule has 1 amide bonds. The van der Waals surface area contributed by atoms with Crippen LogP contribution in [0, 0.1) is 11.8 Å². The molecule has 4 unspecified atom stereocenters. The highest BCUT2D eigenvalue weighted by atomic mass is 16.5. The van der Waals surface area contributed by atoms with Crippen molar-refractivity contribution in [1.82, 2.24) is 4.90 Å². The molecule has 1 N–H and O–H groups in total. The van der Waals surface area contributed by atoms with Gasteiger partial charge in [-0.1, -0.05) is 0 Å². The van der Waals surface area contributed by atoms with Crippen molar-refractivity contribution in [1.29, 1.82) is 0 Å². The SMILES string of the molecule is O=C(CCC1CCCO1)N1CC2CCC(O)C2C1. The molecule has 4 nitrogen and oxygen atoms in total. The largest absolute Gasteiger partial charge is 0.393 e. The minimum Gasteiger partial charge on any atom is -0.393 e. The van der Waals surface area contributed by atoms with E-state index in [1.807, 2.05) is 4.90 Å². The number of likely N-dealkylation sites (tertiary alicyclic amines) is 1. The van der Waals surface area contributed by atoms with Gasteiger partial charge in [0.2, 0.25) is 5.91 Å². The molecule has 4 heteroatoms. The van der Waals surface area contributed by atoms with Crippen LogP contribution >= 0.6 is 0 Å². The molecule has 0 aromatic carbocycles. The number of aliphatic hydroxyl groups excluding tert-OH is 1. The lowest BCUT2D eigenvalue weighted by molar-refractivity contribution is -0.131. The normalized spacial score (nSPS) is 39.3. The molecule has 0 spiro atoms. The molecule has 3 fully saturated rings. The zero-order valence-corrected chi connectivity index (χ0v) is 10.9. The van der Waals surface area contributed by atoms with Crippen LogP contribution in [0.1, 0.15) is 38.5 Å². The molecule has 3 aliphatic rings. The molecule has 2 aliphatic heterocycles. The van der Waals surface area contributed by atoms with Crippen molar-refractivity contribution in [2.45, 2.75) is 50.7 Å². The molecule has 102 valence electrons. The smallest absolute Gasteiger partial charge is 0.222 e. The number of carbonyl (C=O) groups excluding carboxylic acids is 1. The summed E-state index contributed by atoms with van der Waals surface area (Å²) in [6.07, 6.45) is 5.87. The van der Waals surface area contributed by atoms with Crippen molar-refractivity contribution < 1.29 is 14.6 Å². The lowest BCUT2D eigenvalue weighted by Gasteiger charge is -2.19. The van der Waals surface area contributed by atoms with Gasteiger partial charge in [-0.05, 0) is 38.0 Å². The van der Waals surface area contributed by atoms with Crippen molar-refractivity contribution in [3.05, 3.63) is 0 Å². The first kappa shape index (κ1) is 12.4. The number of aliphatic hydroxyl groups is 1. The topological polar surface area (TPSA) is 49.8 Å². The molecular formula is C14H23NO3. The standard InChI is InChI=1S/C14H23NO3/c16-13-5-3-10-8-15(9-12(10)13)14(17)6-4-11-2-1-7-18-11/h10-13,16H,1-9H2. The summed E-state index contributed by atoms with van der Waals surface area (Å²) in [6, 6.07) is 0. The Kier molecular flexibility index (Phi) is 3.57. The Morgan fingerprint density at radius 2 is 2.17 bits per heavy atom. The summed E-state index contributed by atoms with van der Waals surface area (Å²) in [6.45, 7) is 2.50. The van der Waals surface area contributed by atoms with E-state index in [-0.39, 0.29) is 12.0 Å². The van der Waals surface area contributed by atoms with Gasteiger partial charge < -0.3 is 14.7 Å². The fraction of sp³-hybridized carbons (Fsp3) is 0.929. The first-order chi connectivity index (χ1) is 8.74. The van der Waals surface area contributed by atoms with Gasteiger partial charge in [-0.3, -0.25) is 4.79 Å². The van der Waals surface area contributed by atoms with Gasteiger partial charge >= 0.3 is 0 Å². The summed E-state index contributed by atoms with van der Waals surface area (Å²) in [5, 5.41) is 9.84. The van der Waals surface area contributed by atoms with E-state index in [9.17, 15) is 9.90 Å². The van der Waals surface area contributed by atoms with Crippen LogP contribution < -0.4 is 0 Å². The molecular weight excluding hydrogens is 230 g/mol. The zero-order chi connectivity index (χ0) is 12.5. The van der Waals surface area contributed by atoms with Crippen LogP contribution in [-0.2, 0) is 9.53 Å². The number of carbonyl (C=O) groups is 1. The van der Waals surface area contributed by atoms with Gasteiger partial charge in [0, 0.05) is 32.0 Å². The summed E-state index contributed by atoms with van der Waals surface area (Å²) in [7, 11) is 0. The summed E-state index contributed by atoms with van der Waals surface area (Å²) in [5.41, 5.74) is 0. The number of rotatable bonds is 3. The molecule has 2 heterocycles. The number of ether oxygens (including phenoxy) is 1. The second kappa shape index (κ2) is 5.17. The molecule has 4 atom stereocenters. The predicted molar refractivity (Wildman–Crippen MR) is 67.0 cm³/mol. The zero-order valence-electron chi connectivity index (χ0n) is 10.9. The van der Waals surface area contributed by atoms with Crippen molar-refractivity contribution >= 4 is 5.91 Å². The highest BCUT2D eigenvalue weighted by molar-refractivity contribution is 5.76. The van der Waals surface area contributed by atoms with E-state index in [0.717, 1.165) is 51.8 Å². The highest BCUT2D eigenvalue weighted by Crippen LogP contribution is 2.38. The Morgan fingerprint density at radius 1 is 1.28 bits per heavy atom. The Balaban J connectivity index is 1.46. The van der Waals surface area contributed by atoms with E-state index in [4.69, 9.17) is 4.74 Å². The van der Waals surface area contributed by atoms with Crippen LogP contribution in [0.5, 0.6) is 0 Å². The van der Waals surface area contributed by atoms with Crippen LogP contribution in [0.3, 0.4) is 0 Å². The van der Waals surface area contributed by atoms with Gasteiger partial charge in [0.25, 0.3) is 0 Å². The van der Waals surface area contributed by atoms with Crippen molar-refractivity contribution in [2.24, 2.45) is 11.8 Å². The summed E-state index contributed by atoms with van der Waals surface area (Å²) >= 11 is 0. The Labute approximate surface area is 108 Å². The molecule has 0 radical (unpaired) electrons. The van der Waals surface area contributed by atoms with Crippen LogP contribution in [-0.4, -0.2) is 47.8 Å². The average molecular weight is 253 g/mol. The van der Waals surface area contributed by atoms with Crippen LogP contribution in [0.15, 0.2) is 0 Å². The summed E-state index contributed by atoms with van der Waals surface area (Å²) in [4.78, 5) is 14.1. The Hall–Kier alpha value is -0.610. The highest BCUT2D eigenvalue weighted by Gasteiger charge is 2.43. The van der Waals surface area contributed by atoms with E-state index in [2.05, 4.69) is 0 Å². The van der Waals surface area contributed by atoms with Gasteiger partial charge in [-0.2, -0.15) is 0 Å². The Bertz CT molecular complexity index is 314. The molecule has 2 saturated heterocycles. The lowest BCUT2D eigenvalue weighted by atomic mass is 10.00. The van der Waals surface area contributed by atoms with Gasteiger partial charge in [0.05, 0.1) is 12.2 Å². The van der Waals surface area contributed by atoms with Gasteiger partial charge in [0.15, 0.2) is 0 Å². The molecule has 0 bridgehead atoms. The summed E-state index contributed by atoms with van der Waals surface area (Å²) in [5.74, 6) is 1.15. The average Bonchev–Trinajstić information content (AvgIpc) is 3.05. The maximum Gasteiger partial charge on any atom is 0.222 e. The van der Waals surface area contributed by atoms with Crippen molar-refractivity contribution in [3.63, 3.8) is 0 Å². The second-order valence-corrected chi connectivity index (χ2v) is 6.04. The van der Waals surface area contributed by atoms with Crippen LogP contribution in [0.2, 0.25) is 0 Å². The molecule has 3 rings (SSSR count). The number of amides is 1. The van der Waals surface area contributed by atoms with Crippen molar-refractivity contribution in [3.8, 4) is 0 Å². The third kappa shape index (κ3) is 2.41. The molecule has 1 saturated carbocycles. The van der Waals surface area contributed by atoms with Gasteiger partial charge in [-0.15, -0.1) is 0 Å². The fourth-order valence-electron chi connectivity index (χ4n) is 3.75.